The second-order valence-corrected chi connectivity index (χ2v) is 8.10. The fourth-order valence-electron chi connectivity index (χ4n) is 3.25. The molecule has 1 amide bonds. The third kappa shape index (κ3) is 6.00. The summed E-state index contributed by atoms with van der Waals surface area (Å²) in [6, 6.07) is 0.459. The van der Waals surface area contributed by atoms with E-state index in [0.717, 1.165) is 4.57 Å². The van der Waals surface area contributed by atoms with E-state index in [9.17, 15) is 40.7 Å². The van der Waals surface area contributed by atoms with E-state index in [-0.39, 0.29) is 37.2 Å². The lowest BCUT2D eigenvalue weighted by Crippen LogP contribution is -2.42. The van der Waals surface area contributed by atoms with E-state index in [1.54, 1.807) is 13.8 Å². The van der Waals surface area contributed by atoms with Gasteiger partial charge in [0.15, 0.2) is 5.69 Å². The first kappa shape index (κ1) is 27.0. The van der Waals surface area contributed by atoms with E-state index in [1.807, 2.05) is 11.9 Å². The highest BCUT2D eigenvalue weighted by atomic mass is 19.4. The normalized spacial score (nSPS) is 12.3. The van der Waals surface area contributed by atoms with Crippen molar-refractivity contribution in [1.82, 2.24) is 9.55 Å². The summed E-state index contributed by atoms with van der Waals surface area (Å²) < 4.78 is 80.6. The van der Waals surface area contributed by atoms with E-state index >= 15 is 0 Å². The van der Waals surface area contributed by atoms with Gasteiger partial charge in [-0.1, -0.05) is 27.2 Å². The van der Waals surface area contributed by atoms with Crippen LogP contribution in [0, 0.1) is 5.92 Å². The van der Waals surface area contributed by atoms with Crippen LogP contribution in [-0.2, 0) is 18.9 Å². The summed E-state index contributed by atoms with van der Waals surface area (Å²) in [6.45, 7) is 4.87. The number of aromatic nitrogens is 2. The third-order valence-electron chi connectivity index (χ3n) is 4.85. The Bertz CT molecular complexity index is 1130. The molecule has 13 heteroatoms. The van der Waals surface area contributed by atoms with Gasteiger partial charge in [-0.2, -0.15) is 26.3 Å². The monoisotopic (exact) mass is 494 g/mol. The van der Waals surface area contributed by atoms with Crippen molar-refractivity contribution in [2.75, 3.05) is 17.2 Å². The van der Waals surface area contributed by atoms with Gasteiger partial charge in [0.25, 0.3) is 11.5 Å². The molecule has 1 aromatic heterocycles. The Morgan fingerprint density at radius 1 is 1.06 bits per heavy atom. The third-order valence-corrected chi connectivity index (χ3v) is 4.85. The molecule has 0 aliphatic rings. The van der Waals surface area contributed by atoms with Crippen LogP contribution in [0.4, 0.5) is 37.8 Å². The van der Waals surface area contributed by atoms with Crippen LogP contribution in [0.3, 0.4) is 0 Å². The van der Waals surface area contributed by atoms with E-state index in [4.69, 9.17) is 5.73 Å². The van der Waals surface area contributed by atoms with E-state index in [0.29, 0.717) is 17.7 Å². The molecule has 0 spiro atoms. The molecular formula is C21H24F6N4O3. The van der Waals surface area contributed by atoms with Crippen molar-refractivity contribution in [3.05, 3.63) is 55.7 Å². The van der Waals surface area contributed by atoms with Crippen LogP contribution >= 0.6 is 0 Å². The van der Waals surface area contributed by atoms with E-state index in [2.05, 4.69) is 0 Å². The highest BCUT2D eigenvalue weighted by Gasteiger charge is 2.38. The van der Waals surface area contributed by atoms with Crippen molar-refractivity contribution in [1.29, 1.82) is 0 Å². The number of alkyl halides is 6. The number of hydrogen-bond donors (Lipinski definition) is 2. The van der Waals surface area contributed by atoms with Crippen molar-refractivity contribution in [2.45, 2.75) is 52.5 Å². The van der Waals surface area contributed by atoms with Crippen molar-refractivity contribution in [3.8, 4) is 0 Å². The summed E-state index contributed by atoms with van der Waals surface area (Å²) in [5, 5.41) is 0. The van der Waals surface area contributed by atoms with Gasteiger partial charge in [0, 0.05) is 18.7 Å². The van der Waals surface area contributed by atoms with Crippen LogP contribution in [0.25, 0.3) is 0 Å². The minimum absolute atomic E-state index is 0.0798. The summed E-state index contributed by atoms with van der Waals surface area (Å²) in [4.78, 5) is 40.7. The average molecular weight is 494 g/mol. The highest BCUT2D eigenvalue weighted by Crippen LogP contribution is 2.37. The van der Waals surface area contributed by atoms with Crippen molar-refractivity contribution in [3.63, 3.8) is 0 Å². The van der Waals surface area contributed by atoms with Crippen LogP contribution in [0.5, 0.6) is 0 Å². The molecule has 1 heterocycles. The molecule has 0 radical (unpaired) electrons. The Labute approximate surface area is 190 Å². The van der Waals surface area contributed by atoms with Gasteiger partial charge in [-0.3, -0.25) is 19.1 Å². The van der Waals surface area contributed by atoms with Crippen molar-refractivity contribution in [2.24, 2.45) is 5.92 Å². The maximum absolute atomic E-state index is 13.3. The molecule has 0 atom stereocenters. The second kappa shape index (κ2) is 9.94. The molecule has 2 rings (SSSR count). The lowest BCUT2D eigenvalue weighted by atomic mass is 10.0. The molecule has 0 aliphatic carbocycles. The number of H-pyrrole nitrogens is 1. The number of anilines is 2. The number of nitrogen functional groups attached to an aromatic ring is 1. The fraction of sp³-hybridized carbons (Fsp3) is 0.476. The Hall–Kier alpha value is -3.25. The average Bonchev–Trinajstić information content (AvgIpc) is 2.70. The first-order valence-corrected chi connectivity index (χ1v) is 10.3. The lowest BCUT2D eigenvalue weighted by Gasteiger charge is -2.26. The molecule has 2 aromatic rings. The number of aromatic amines is 1. The van der Waals surface area contributed by atoms with Gasteiger partial charge in [-0.25, -0.2) is 4.79 Å². The number of nitrogens with two attached hydrogens (primary N) is 1. The van der Waals surface area contributed by atoms with Gasteiger partial charge in [-0.05, 0) is 30.5 Å². The molecule has 0 saturated heterocycles. The largest absolute Gasteiger partial charge is 0.416 e. The first-order chi connectivity index (χ1) is 15.6. The van der Waals surface area contributed by atoms with Gasteiger partial charge in [0.1, 0.15) is 5.82 Å². The summed E-state index contributed by atoms with van der Waals surface area (Å²) in [5.74, 6) is -2.09. The summed E-state index contributed by atoms with van der Waals surface area (Å²) >= 11 is 0. The Morgan fingerprint density at radius 2 is 1.59 bits per heavy atom. The number of rotatable bonds is 7. The molecule has 0 bridgehead atoms. The zero-order valence-electron chi connectivity index (χ0n) is 18.6. The van der Waals surface area contributed by atoms with E-state index < -0.39 is 57.7 Å². The van der Waals surface area contributed by atoms with Gasteiger partial charge < -0.3 is 10.6 Å². The van der Waals surface area contributed by atoms with Crippen LogP contribution in [-0.4, -0.2) is 22.0 Å². The molecule has 1 aromatic carbocycles. The molecule has 7 nitrogen and oxygen atoms in total. The predicted octanol–water partition coefficient (Wildman–Crippen LogP) is 4.26. The SMILES string of the molecule is CCCCn1c(N)c(N(CC(C)C)C(=O)c2cc(C(F)(F)F)cc(C(F)(F)F)c2)c(=O)[nH]c1=O. The number of unbranched alkanes of at least 4 members (excludes halogenated alkanes) is 1. The predicted molar refractivity (Wildman–Crippen MR) is 114 cm³/mol. The second-order valence-electron chi connectivity index (χ2n) is 8.10. The number of amides is 1. The molecule has 0 fully saturated rings. The maximum atomic E-state index is 13.3. The summed E-state index contributed by atoms with van der Waals surface area (Å²) in [5.41, 5.74) is -0.753. The number of halogens is 6. The van der Waals surface area contributed by atoms with Gasteiger partial charge >= 0.3 is 18.0 Å². The maximum Gasteiger partial charge on any atom is 0.416 e. The Kier molecular flexibility index (Phi) is 7.89. The highest BCUT2D eigenvalue weighted by molar-refractivity contribution is 6.07. The molecule has 3 N–H and O–H groups in total. The quantitative estimate of drug-likeness (QED) is 0.562. The molecule has 0 unspecified atom stereocenters. The van der Waals surface area contributed by atoms with Gasteiger partial charge in [0.2, 0.25) is 0 Å². The fourth-order valence-corrected chi connectivity index (χ4v) is 3.25. The molecule has 34 heavy (non-hydrogen) atoms. The Morgan fingerprint density at radius 3 is 2.03 bits per heavy atom. The van der Waals surface area contributed by atoms with Gasteiger partial charge in [0.05, 0.1) is 11.1 Å². The van der Waals surface area contributed by atoms with Crippen LogP contribution in [0.15, 0.2) is 27.8 Å². The van der Waals surface area contributed by atoms with Crippen molar-refractivity contribution >= 4 is 17.4 Å². The van der Waals surface area contributed by atoms with Crippen molar-refractivity contribution < 1.29 is 31.1 Å². The number of carbonyl (C=O) groups excluding carboxylic acids is 1. The van der Waals surface area contributed by atoms with Crippen LogP contribution in [0.2, 0.25) is 0 Å². The number of nitrogens with zero attached hydrogens (tertiary/aromatic N) is 2. The molecular weight excluding hydrogens is 470 g/mol. The topological polar surface area (TPSA) is 101 Å². The smallest absolute Gasteiger partial charge is 0.383 e. The lowest BCUT2D eigenvalue weighted by molar-refractivity contribution is -0.143. The zero-order chi connectivity index (χ0) is 26.0. The van der Waals surface area contributed by atoms with Crippen LogP contribution in [0.1, 0.15) is 55.1 Å². The van der Waals surface area contributed by atoms with E-state index in [1.165, 1.54) is 0 Å². The first-order valence-electron chi connectivity index (χ1n) is 10.3. The number of nitrogens with one attached hydrogen (secondary N) is 1. The zero-order valence-corrected chi connectivity index (χ0v) is 18.6. The Balaban J connectivity index is 2.77. The number of benzene rings is 1. The minimum Gasteiger partial charge on any atom is -0.383 e. The standard InChI is InChI=1S/C21H24F6N4O3/c1-4-5-6-30-16(28)15(17(32)29-19(30)34)31(10-11(2)3)18(33)12-7-13(20(22,23)24)9-14(8-12)21(25,26)27/h7-9,11H,4-6,10,28H2,1-3H3,(H,29,32,34). The summed E-state index contributed by atoms with van der Waals surface area (Å²) in [7, 11) is 0. The molecule has 0 aliphatic heterocycles. The molecule has 0 saturated carbocycles. The molecule has 188 valence electrons. The minimum atomic E-state index is -5.16. The number of carbonyl (C=O) groups is 1. The summed E-state index contributed by atoms with van der Waals surface area (Å²) in [6.07, 6.45) is -9.19. The van der Waals surface area contributed by atoms with Gasteiger partial charge in [-0.15, -0.1) is 0 Å². The van der Waals surface area contributed by atoms with Crippen LogP contribution < -0.4 is 21.9 Å². The number of hydrogen-bond acceptors (Lipinski definition) is 4.